The summed E-state index contributed by atoms with van der Waals surface area (Å²) in [4.78, 5) is 0. The molecule has 0 spiro atoms. The van der Waals surface area contributed by atoms with Crippen molar-refractivity contribution in [3.8, 4) is 5.75 Å². The van der Waals surface area contributed by atoms with Crippen LogP contribution in [0, 0.1) is 6.92 Å². The van der Waals surface area contributed by atoms with Gasteiger partial charge in [-0.1, -0.05) is 23.8 Å². The third-order valence-electron chi connectivity index (χ3n) is 6.45. The molecule has 0 radical (unpaired) electrons. The van der Waals surface area contributed by atoms with Gasteiger partial charge in [-0.25, -0.2) is 0 Å². The molecule has 0 fully saturated rings. The molecule has 0 aliphatic carbocycles. The summed E-state index contributed by atoms with van der Waals surface area (Å²) in [5.41, 5.74) is 4.60. The van der Waals surface area contributed by atoms with Crippen molar-refractivity contribution in [1.29, 1.82) is 0 Å². The van der Waals surface area contributed by atoms with E-state index in [1.807, 2.05) is 18.2 Å². The van der Waals surface area contributed by atoms with E-state index < -0.39 is 0 Å². The summed E-state index contributed by atoms with van der Waals surface area (Å²) in [6.45, 7) is 5.29. The molecule has 6 heteroatoms. The van der Waals surface area contributed by atoms with Gasteiger partial charge in [-0.15, -0.1) is 0 Å². The smallest absolute Gasteiger partial charge is 0.139 e. The molecule has 6 rings (SSSR count). The SMILES string of the molecule is COCCOCCOCCOc1ccc2c(c1)oc1cc3c(cc12)oc1cc2cc(C)ccc2cc13. The number of methoxy groups -OCH3 is 1. The van der Waals surface area contributed by atoms with E-state index in [1.54, 1.807) is 7.11 Å². The minimum Gasteiger partial charge on any atom is -0.491 e. The molecule has 0 saturated heterocycles. The monoisotopic (exact) mass is 484 g/mol. The summed E-state index contributed by atoms with van der Waals surface area (Å²) < 4.78 is 34.2. The van der Waals surface area contributed by atoms with E-state index in [-0.39, 0.29) is 0 Å². The number of ether oxygens (including phenoxy) is 4. The summed E-state index contributed by atoms with van der Waals surface area (Å²) in [5, 5.41) is 6.59. The summed E-state index contributed by atoms with van der Waals surface area (Å²) in [6.07, 6.45) is 0. The quantitative estimate of drug-likeness (QED) is 0.195. The third kappa shape index (κ3) is 4.39. The second kappa shape index (κ2) is 9.82. The summed E-state index contributed by atoms with van der Waals surface area (Å²) in [5.74, 6) is 0.748. The summed E-state index contributed by atoms with van der Waals surface area (Å²) in [6, 6.07) is 20.9. The molecule has 0 bridgehead atoms. The molecule has 0 N–H and O–H groups in total. The van der Waals surface area contributed by atoms with Crippen molar-refractivity contribution in [2.45, 2.75) is 6.92 Å². The lowest BCUT2D eigenvalue weighted by molar-refractivity contribution is 0.0180. The van der Waals surface area contributed by atoms with E-state index in [9.17, 15) is 0 Å². The number of fused-ring (bicyclic) bond motifs is 7. The molecule has 184 valence electrons. The Kier molecular flexibility index (Phi) is 6.23. The van der Waals surface area contributed by atoms with Crippen LogP contribution in [0.2, 0.25) is 0 Å². The molecular formula is C30H28O6. The van der Waals surface area contributed by atoms with Gasteiger partial charge in [-0.05, 0) is 54.1 Å². The Hall–Kier alpha value is -3.58. The van der Waals surface area contributed by atoms with Gasteiger partial charge in [0.1, 0.15) is 34.7 Å². The highest BCUT2D eigenvalue weighted by Crippen LogP contribution is 2.38. The van der Waals surface area contributed by atoms with E-state index in [1.165, 1.54) is 16.3 Å². The van der Waals surface area contributed by atoms with Crippen LogP contribution in [0.5, 0.6) is 5.75 Å². The fourth-order valence-corrected chi connectivity index (χ4v) is 4.66. The Bertz CT molecular complexity index is 1680. The molecule has 0 aliphatic heterocycles. The highest BCUT2D eigenvalue weighted by molar-refractivity contribution is 6.16. The van der Waals surface area contributed by atoms with E-state index in [4.69, 9.17) is 27.8 Å². The standard InChI is InChI=1S/C30H28O6/c1-19-3-4-20-14-24-26-18-29-25(17-30(26)35-27(24)15-21(20)13-19)23-6-5-22(16-28(23)36-29)34-12-11-33-10-9-32-8-7-31-2/h3-6,13-18H,7-12H2,1-2H3. The van der Waals surface area contributed by atoms with Crippen molar-refractivity contribution in [1.82, 2.24) is 0 Å². The van der Waals surface area contributed by atoms with Gasteiger partial charge in [0.05, 0.1) is 33.0 Å². The minimum atomic E-state index is 0.455. The number of hydrogen-bond acceptors (Lipinski definition) is 6. The number of benzene rings is 4. The maximum atomic E-state index is 6.27. The van der Waals surface area contributed by atoms with Crippen LogP contribution in [0.4, 0.5) is 0 Å². The predicted molar refractivity (Wildman–Crippen MR) is 142 cm³/mol. The van der Waals surface area contributed by atoms with Crippen LogP contribution in [-0.4, -0.2) is 46.8 Å². The van der Waals surface area contributed by atoms with Crippen LogP contribution in [0.3, 0.4) is 0 Å². The van der Waals surface area contributed by atoms with Gasteiger partial charge in [0.15, 0.2) is 0 Å². The zero-order chi connectivity index (χ0) is 24.5. The van der Waals surface area contributed by atoms with Gasteiger partial charge in [-0.3, -0.25) is 0 Å². The van der Waals surface area contributed by atoms with Crippen molar-refractivity contribution in [3.05, 3.63) is 66.2 Å². The molecule has 0 unspecified atom stereocenters. The Balaban J connectivity index is 1.21. The first-order chi connectivity index (χ1) is 17.7. The lowest BCUT2D eigenvalue weighted by Crippen LogP contribution is -2.12. The largest absolute Gasteiger partial charge is 0.491 e. The Morgan fingerprint density at radius 1 is 0.556 bits per heavy atom. The summed E-state index contributed by atoms with van der Waals surface area (Å²) >= 11 is 0. The molecule has 6 nitrogen and oxygen atoms in total. The summed E-state index contributed by atoms with van der Waals surface area (Å²) in [7, 11) is 1.65. The van der Waals surface area contributed by atoms with Crippen LogP contribution in [-0.2, 0) is 14.2 Å². The molecule has 0 saturated carbocycles. The molecule has 6 aromatic rings. The van der Waals surface area contributed by atoms with E-state index in [0.29, 0.717) is 39.6 Å². The fraction of sp³-hybridized carbons (Fsp3) is 0.267. The third-order valence-corrected chi connectivity index (χ3v) is 6.45. The van der Waals surface area contributed by atoms with Crippen molar-refractivity contribution < 1.29 is 27.8 Å². The molecule has 2 aromatic heterocycles. The Morgan fingerprint density at radius 3 is 1.97 bits per heavy atom. The highest BCUT2D eigenvalue weighted by atomic mass is 16.6. The van der Waals surface area contributed by atoms with Crippen LogP contribution in [0.15, 0.2) is 69.5 Å². The Morgan fingerprint density at radius 2 is 1.19 bits per heavy atom. The second-order valence-corrected chi connectivity index (χ2v) is 8.97. The first kappa shape index (κ1) is 22.9. The van der Waals surface area contributed by atoms with Gasteiger partial charge in [0.25, 0.3) is 0 Å². The van der Waals surface area contributed by atoms with E-state index >= 15 is 0 Å². The highest BCUT2D eigenvalue weighted by Gasteiger charge is 2.14. The van der Waals surface area contributed by atoms with Crippen LogP contribution >= 0.6 is 0 Å². The first-order valence-electron chi connectivity index (χ1n) is 12.2. The van der Waals surface area contributed by atoms with Gasteiger partial charge in [0.2, 0.25) is 0 Å². The van der Waals surface area contributed by atoms with Gasteiger partial charge in [-0.2, -0.15) is 0 Å². The second-order valence-electron chi connectivity index (χ2n) is 8.97. The van der Waals surface area contributed by atoms with Crippen LogP contribution in [0.25, 0.3) is 54.6 Å². The predicted octanol–water partition coefficient (Wildman–Crippen LogP) is 7.01. The maximum absolute atomic E-state index is 6.27. The van der Waals surface area contributed by atoms with Gasteiger partial charge >= 0.3 is 0 Å². The van der Waals surface area contributed by atoms with E-state index in [0.717, 1.165) is 49.6 Å². The topological polar surface area (TPSA) is 63.2 Å². The lowest BCUT2D eigenvalue weighted by atomic mass is 10.0. The van der Waals surface area contributed by atoms with Crippen molar-refractivity contribution >= 4 is 54.6 Å². The minimum absolute atomic E-state index is 0.455. The van der Waals surface area contributed by atoms with Crippen molar-refractivity contribution in [3.63, 3.8) is 0 Å². The van der Waals surface area contributed by atoms with Crippen molar-refractivity contribution in [2.24, 2.45) is 0 Å². The number of furan rings is 2. The molecular weight excluding hydrogens is 456 g/mol. The average Bonchev–Trinajstić information content (AvgIpc) is 3.41. The molecule has 0 atom stereocenters. The van der Waals surface area contributed by atoms with Crippen LogP contribution in [0.1, 0.15) is 5.56 Å². The normalized spacial score (nSPS) is 12.1. The fourth-order valence-electron chi connectivity index (χ4n) is 4.66. The van der Waals surface area contributed by atoms with Gasteiger partial charge < -0.3 is 27.8 Å². The van der Waals surface area contributed by atoms with Gasteiger partial charge in [0, 0.05) is 34.7 Å². The maximum Gasteiger partial charge on any atom is 0.139 e. The molecule has 4 aromatic carbocycles. The average molecular weight is 485 g/mol. The first-order valence-corrected chi connectivity index (χ1v) is 12.2. The number of rotatable bonds is 10. The molecule has 2 heterocycles. The lowest BCUT2D eigenvalue weighted by Gasteiger charge is -2.07. The molecule has 0 amide bonds. The number of hydrogen-bond donors (Lipinski definition) is 0. The zero-order valence-corrected chi connectivity index (χ0v) is 20.5. The van der Waals surface area contributed by atoms with E-state index in [2.05, 4.69) is 49.4 Å². The van der Waals surface area contributed by atoms with Crippen molar-refractivity contribution in [2.75, 3.05) is 46.8 Å². The van der Waals surface area contributed by atoms with Crippen LogP contribution < -0.4 is 4.74 Å². The Labute approximate surface area is 208 Å². The molecule has 0 aliphatic rings. The number of aryl methyl sites for hydroxylation is 1. The zero-order valence-electron chi connectivity index (χ0n) is 20.5. The molecule has 36 heavy (non-hydrogen) atoms.